The molecule has 7 heteroatoms. The molecule has 0 aliphatic rings. The molecule has 0 bridgehead atoms. The second-order valence-electron chi connectivity index (χ2n) is 5.51. The number of carbonyl (C=O) groups excluding carboxylic acids is 2. The van der Waals surface area contributed by atoms with Crippen LogP contribution in [0.15, 0.2) is 48.5 Å². The number of anilines is 2. The molecule has 2 amide bonds. The maximum Gasteiger partial charge on any atom is 0.418 e. The molecule has 0 spiro atoms. The zero-order valence-corrected chi connectivity index (χ0v) is 13.7. The zero-order chi connectivity index (χ0) is 18.6. The van der Waals surface area contributed by atoms with Gasteiger partial charge in [-0.25, -0.2) is 0 Å². The van der Waals surface area contributed by atoms with Crippen LogP contribution < -0.4 is 10.2 Å². The van der Waals surface area contributed by atoms with Crippen LogP contribution in [0.3, 0.4) is 0 Å². The summed E-state index contributed by atoms with van der Waals surface area (Å²) in [6, 6.07) is 11.5. The lowest BCUT2D eigenvalue weighted by atomic mass is 10.1. The Hall–Kier alpha value is -2.83. The highest BCUT2D eigenvalue weighted by Crippen LogP contribution is 2.34. The van der Waals surface area contributed by atoms with Crippen LogP contribution in [0.4, 0.5) is 24.5 Å². The lowest BCUT2D eigenvalue weighted by Gasteiger charge is -2.15. The standard InChI is InChI=1S/C18H17F3N2O2/c1-12(24)23(2)14-9-7-13(8-10-14)11-17(25)22-16-6-4-3-5-15(16)18(19,20)21/h3-10H,11H2,1-2H3,(H,22,25). The van der Waals surface area contributed by atoms with Gasteiger partial charge < -0.3 is 10.2 Å². The summed E-state index contributed by atoms with van der Waals surface area (Å²) >= 11 is 0. The maximum atomic E-state index is 12.9. The van der Waals surface area contributed by atoms with E-state index in [-0.39, 0.29) is 18.0 Å². The minimum atomic E-state index is -4.54. The molecule has 0 radical (unpaired) electrons. The van der Waals surface area contributed by atoms with Crippen molar-refractivity contribution in [2.45, 2.75) is 19.5 Å². The molecule has 25 heavy (non-hydrogen) atoms. The highest BCUT2D eigenvalue weighted by molar-refractivity contribution is 5.93. The van der Waals surface area contributed by atoms with E-state index in [2.05, 4.69) is 5.32 Å². The number of nitrogens with one attached hydrogen (secondary N) is 1. The van der Waals surface area contributed by atoms with Gasteiger partial charge in [-0.15, -0.1) is 0 Å². The number of halogens is 3. The molecule has 0 fully saturated rings. The Balaban J connectivity index is 2.08. The largest absolute Gasteiger partial charge is 0.418 e. The van der Waals surface area contributed by atoms with E-state index in [4.69, 9.17) is 0 Å². The fourth-order valence-electron chi connectivity index (χ4n) is 2.24. The molecular formula is C18H17F3N2O2. The van der Waals surface area contributed by atoms with E-state index < -0.39 is 17.6 Å². The second kappa shape index (κ2) is 7.38. The number of nitrogens with zero attached hydrogens (tertiary/aromatic N) is 1. The van der Waals surface area contributed by atoms with E-state index in [1.54, 1.807) is 31.3 Å². The second-order valence-corrected chi connectivity index (χ2v) is 5.51. The van der Waals surface area contributed by atoms with Crippen LogP contribution in [0.1, 0.15) is 18.1 Å². The van der Waals surface area contributed by atoms with Crippen molar-refractivity contribution >= 4 is 23.2 Å². The highest BCUT2D eigenvalue weighted by atomic mass is 19.4. The molecule has 0 aromatic heterocycles. The van der Waals surface area contributed by atoms with Gasteiger partial charge in [0.2, 0.25) is 11.8 Å². The molecule has 0 unspecified atom stereocenters. The number of rotatable bonds is 4. The summed E-state index contributed by atoms with van der Waals surface area (Å²) in [6.07, 6.45) is -4.61. The Morgan fingerprint density at radius 1 is 1.04 bits per heavy atom. The predicted molar refractivity (Wildman–Crippen MR) is 89.3 cm³/mol. The minimum absolute atomic E-state index is 0.0732. The third kappa shape index (κ3) is 4.82. The van der Waals surface area contributed by atoms with Crippen molar-refractivity contribution in [1.82, 2.24) is 0 Å². The average molecular weight is 350 g/mol. The topological polar surface area (TPSA) is 49.4 Å². The van der Waals surface area contributed by atoms with Gasteiger partial charge in [0.1, 0.15) is 0 Å². The van der Waals surface area contributed by atoms with Gasteiger partial charge in [0.05, 0.1) is 17.7 Å². The van der Waals surface area contributed by atoms with Crippen LogP contribution in [0.25, 0.3) is 0 Å². The number of benzene rings is 2. The van der Waals surface area contributed by atoms with Crippen LogP contribution in [0, 0.1) is 0 Å². The third-order valence-electron chi connectivity index (χ3n) is 3.67. The van der Waals surface area contributed by atoms with Gasteiger partial charge in [-0.05, 0) is 29.8 Å². The van der Waals surface area contributed by atoms with E-state index >= 15 is 0 Å². The quantitative estimate of drug-likeness (QED) is 0.910. The first kappa shape index (κ1) is 18.5. The normalized spacial score (nSPS) is 11.1. The summed E-state index contributed by atoms with van der Waals surface area (Å²) in [6.45, 7) is 1.43. The van der Waals surface area contributed by atoms with Crippen molar-refractivity contribution in [2.24, 2.45) is 0 Å². The molecular weight excluding hydrogens is 333 g/mol. The van der Waals surface area contributed by atoms with Crippen molar-refractivity contribution in [3.8, 4) is 0 Å². The maximum absolute atomic E-state index is 12.9. The summed E-state index contributed by atoms with van der Waals surface area (Å²) in [4.78, 5) is 24.8. The highest BCUT2D eigenvalue weighted by Gasteiger charge is 2.33. The summed E-state index contributed by atoms with van der Waals surface area (Å²) in [7, 11) is 1.62. The van der Waals surface area contributed by atoms with E-state index in [1.807, 2.05) is 0 Å². The Bertz CT molecular complexity index is 771. The molecule has 0 saturated heterocycles. The first-order chi connectivity index (χ1) is 11.7. The summed E-state index contributed by atoms with van der Waals surface area (Å²) in [5, 5.41) is 2.30. The Labute approximate surface area is 143 Å². The van der Waals surface area contributed by atoms with Crippen molar-refractivity contribution < 1.29 is 22.8 Å². The molecule has 0 aliphatic heterocycles. The minimum Gasteiger partial charge on any atom is -0.325 e. The van der Waals surface area contributed by atoms with Gasteiger partial charge >= 0.3 is 6.18 Å². The van der Waals surface area contributed by atoms with Crippen molar-refractivity contribution in [3.63, 3.8) is 0 Å². The van der Waals surface area contributed by atoms with Gasteiger partial charge in [-0.2, -0.15) is 13.2 Å². The molecule has 1 N–H and O–H groups in total. The molecule has 2 rings (SSSR count). The molecule has 0 heterocycles. The Kier molecular flexibility index (Phi) is 5.46. The van der Waals surface area contributed by atoms with Crippen LogP contribution >= 0.6 is 0 Å². The van der Waals surface area contributed by atoms with Crippen molar-refractivity contribution in [2.75, 3.05) is 17.3 Å². The van der Waals surface area contributed by atoms with E-state index in [1.165, 1.54) is 30.0 Å². The lowest BCUT2D eigenvalue weighted by Crippen LogP contribution is -2.22. The smallest absolute Gasteiger partial charge is 0.325 e. The monoisotopic (exact) mass is 350 g/mol. The van der Waals surface area contributed by atoms with Crippen molar-refractivity contribution in [1.29, 1.82) is 0 Å². The number of carbonyl (C=O) groups is 2. The SMILES string of the molecule is CC(=O)N(C)c1ccc(CC(=O)Nc2ccccc2C(F)(F)F)cc1. The first-order valence-electron chi connectivity index (χ1n) is 7.48. The summed E-state index contributed by atoms with van der Waals surface area (Å²) in [5.74, 6) is -0.682. The Morgan fingerprint density at radius 3 is 2.20 bits per heavy atom. The Morgan fingerprint density at radius 2 is 1.64 bits per heavy atom. The van der Waals surface area contributed by atoms with E-state index in [0.29, 0.717) is 11.3 Å². The van der Waals surface area contributed by atoms with Crippen LogP contribution in [-0.4, -0.2) is 18.9 Å². The fourth-order valence-corrected chi connectivity index (χ4v) is 2.24. The molecule has 4 nitrogen and oxygen atoms in total. The van der Waals surface area contributed by atoms with Crippen LogP contribution in [0.2, 0.25) is 0 Å². The molecule has 2 aromatic carbocycles. The van der Waals surface area contributed by atoms with Crippen molar-refractivity contribution in [3.05, 3.63) is 59.7 Å². The fraction of sp³-hybridized carbons (Fsp3) is 0.222. The zero-order valence-electron chi connectivity index (χ0n) is 13.7. The van der Waals surface area contributed by atoms with Crippen LogP contribution in [-0.2, 0) is 22.2 Å². The van der Waals surface area contributed by atoms with E-state index in [9.17, 15) is 22.8 Å². The molecule has 132 valence electrons. The van der Waals surface area contributed by atoms with E-state index in [0.717, 1.165) is 6.07 Å². The third-order valence-corrected chi connectivity index (χ3v) is 3.67. The number of hydrogen-bond donors (Lipinski definition) is 1. The van der Waals surface area contributed by atoms with Gasteiger partial charge in [0.25, 0.3) is 0 Å². The molecule has 2 aromatic rings. The summed E-state index contributed by atoms with van der Waals surface area (Å²) < 4.78 is 38.8. The molecule has 0 atom stereocenters. The lowest BCUT2D eigenvalue weighted by molar-refractivity contribution is -0.137. The number of alkyl halides is 3. The van der Waals surface area contributed by atoms with Crippen LogP contribution in [0.5, 0.6) is 0 Å². The van der Waals surface area contributed by atoms with Gasteiger partial charge in [-0.3, -0.25) is 9.59 Å². The van der Waals surface area contributed by atoms with Gasteiger partial charge in [-0.1, -0.05) is 24.3 Å². The number of amides is 2. The summed E-state index contributed by atoms with van der Waals surface area (Å²) in [5.41, 5.74) is 0.136. The molecule has 0 saturated carbocycles. The predicted octanol–water partition coefficient (Wildman–Crippen LogP) is 3.87. The first-order valence-corrected chi connectivity index (χ1v) is 7.48. The van der Waals surface area contributed by atoms with Gasteiger partial charge in [0, 0.05) is 19.7 Å². The number of hydrogen-bond acceptors (Lipinski definition) is 2. The number of para-hydroxylation sites is 1. The van der Waals surface area contributed by atoms with Gasteiger partial charge in [0.15, 0.2) is 0 Å². The molecule has 0 aliphatic carbocycles. The average Bonchev–Trinajstić information content (AvgIpc) is 2.54.